The second-order valence-corrected chi connectivity index (χ2v) is 7.44. The normalized spacial score (nSPS) is 17.4. The lowest BCUT2D eigenvalue weighted by atomic mass is 9.96. The van der Waals surface area contributed by atoms with Crippen molar-refractivity contribution in [1.82, 2.24) is 15.6 Å². The van der Waals surface area contributed by atoms with Crippen molar-refractivity contribution >= 4 is 6.03 Å². The fourth-order valence-electron chi connectivity index (χ4n) is 3.09. The summed E-state index contributed by atoms with van der Waals surface area (Å²) in [5.41, 5.74) is 2.40. The van der Waals surface area contributed by atoms with Gasteiger partial charge in [-0.15, -0.1) is 0 Å². The Balaban J connectivity index is 1.20. The number of nitrogens with zero attached hydrogens (tertiary/aromatic N) is 1. The first kappa shape index (κ1) is 16.9. The Hall–Kier alpha value is -2.56. The summed E-state index contributed by atoms with van der Waals surface area (Å²) in [5, 5.41) is 5.91. The zero-order chi connectivity index (χ0) is 17.8. The number of hydrogen-bond donors (Lipinski definition) is 2. The molecule has 2 N–H and O–H groups in total. The SMILES string of the molecule is O=C(NCc1ccc(OCC2CC2)nc1)NCC1(c2ccccc2)CC1. The Bertz CT molecular complexity index is 738. The summed E-state index contributed by atoms with van der Waals surface area (Å²) in [6.07, 6.45) is 6.55. The van der Waals surface area contributed by atoms with Gasteiger partial charge in [-0.25, -0.2) is 9.78 Å². The molecule has 0 spiro atoms. The highest BCUT2D eigenvalue weighted by Crippen LogP contribution is 2.47. The lowest BCUT2D eigenvalue weighted by Gasteiger charge is -2.17. The highest BCUT2D eigenvalue weighted by molar-refractivity contribution is 5.74. The monoisotopic (exact) mass is 351 g/mol. The van der Waals surface area contributed by atoms with Crippen LogP contribution in [0.1, 0.15) is 36.8 Å². The zero-order valence-electron chi connectivity index (χ0n) is 14.9. The molecule has 2 aliphatic rings. The van der Waals surface area contributed by atoms with Crippen LogP contribution in [-0.2, 0) is 12.0 Å². The smallest absolute Gasteiger partial charge is 0.315 e. The minimum Gasteiger partial charge on any atom is -0.477 e. The fraction of sp³-hybridized carbons (Fsp3) is 0.429. The predicted molar refractivity (Wildman–Crippen MR) is 100 cm³/mol. The van der Waals surface area contributed by atoms with Crippen LogP contribution < -0.4 is 15.4 Å². The zero-order valence-corrected chi connectivity index (χ0v) is 14.9. The minimum absolute atomic E-state index is 0.126. The molecule has 4 rings (SSSR count). The van der Waals surface area contributed by atoms with Gasteiger partial charge in [-0.2, -0.15) is 0 Å². The van der Waals surface area contributed by atoms with Crippen LogP contribution in [0.5, 0.6) is 5.88 Å². The molecule has 2 aromatic rings. The molecule has 26 heavy (non-hydrogen) atoms. The Morgan fingerprint density at radius 2 is 1.92 bits per heavy atom. The number of carbonyl (C=O) groups is 1. The first-order valence-corrected chi connectivity index (χ1v) is 9.38. The largest absolute Gasteiger partial charge is 0.477 e. The molecule has 0 aliphatic heterocycles. The lowest BCUT2D eigenvalue weighted by Crippen LogP contribution is -2.39. The van der Waals surface area contributed by atoms with Crippen LogP contribution in [0.4, 0.5) is 4.79 Å². The average molecular weight is 351 g/mol. The molecular weight excluding hydrogens is 326 g/mol. The number of amides is 2. The molecular formula is C21H25N3O2. The molecule has 5 nitrogen and oxygen atoms in total. The molecule has 0 unspecified atom stereocenters. The van der Waals surface area contributed by atoms with Gasteiger partial charge in [0.15, 0.2) is 0 Å². The van der Waals surface area contributed by atoms with E-state index in [-0.39, 0.29) is 11.4 Å². The van der Waals surface area contributed by atoms with Gasteiger partial charge in [0.1, 0.15) is 0 Å². The Labute approximate surface area is 154 Å². The maximum Gasteiger partial charge on any atom is 0.315 e. The first-order valence-electron chi connectivity index (χ1n) is 9.38. The lowest BCUT2D eigenvalue weighted by molar-refractivity contribution is 0.239. The van der Waals surface area contributed by atoms with Gasteiger partial charge in [0, 0.05) is 30.8 Å². The van der Waals surface area contributed by atoms with Gasteiger partial charge < -0.3 is 15.4 Å². The third-order valence-electron chi connectivity index (χ3n) is 5.24. The van der Waals surface area contributed by atoms with Crippen LogP contribution in [0.15, 0.2) is 48.7 Å². The van der Waals surface area contributed by atoms with Crippen molar-refractivity contribution in [2.45, 2.75) is 37.6 Å². The molecule has 2 fully saturated rings. The maximum absolute atomic E-state index is 12.1. The van der Waals surface area contributed by atoms with E-state index in [1.807, 2.05) is 18.2 Å². The number of benzene rings is 1. The quantitative estimate of drug-likeness (QED) is 0.766. The number of urea groups is 1. The third-order valence-corrected chi connectivity index (χ3v) is 5.24. The van der Waals surface area contributed by atoms with Crippen molar-refractivity contribution < 1.29 is 9.53 Å². The second-order valence-electron chi connectivity index (χ2n) is 7.44. The maximum atomic E-state index is 12.1. The Morgan fingerprint density at radius 1 is 1.12 bits per heavy atom. The van der Waals surface area contributed by atoms with E-state index in [1.165, 1.54) is 18.4 Å². The van der Waals surface area contributed by atoms with E-state index >= 15 is 0 Å². The first-order chi connectivity index (χ1) is 12.7. The summed E-state index contributed by atoms with van der Waals surface area (Å²) >= 11 is 0. The van der Waals surface area contributed by atoms with Crippen LogP contribution in [0, 0.1) is 5.92 Å². The van der Waals surface area contributed by atoms with Gasteiger partial charge in [0.05, 0.1) is 6.61 Å². The molecule has 2 saturated carbocycles. The van der Waals surface area contributed by atoms with E-state index in [0.717, 1.165) is 25.0 Å². The minimum atomic E-state index is -0.138. The van der Waals surface area contributed by atoms with Crippen molar-refractivity contribution in [1.29, 1.82) is 0 Å². The van der Waals surface area contributed by atoms with Crippen LogP contribution in [0.2, 0.25) is 0 Å². The van der Waals surface area contributed by atoms with Gasteiger partial charge in [0.2, 0.25) is 5.88 Å². The number of rotatable bonds is 8. The van der Waals surface area contributed by atoms with Gasteiger partial charge in [-0.3, -0.25) is 0 Å². The highest BCUT2D eigenvalue weighted by atomic mass is 16.5. The number of carbonyl (C=O) groups excluding carboxylic acids is 1. The van der Waals surface area contributed by atoms with Crippen molar-refractivity contribution in [3.63, 3.8) is 0 Å². The van der Waals surface area contributed by atoms with Crippen molar-refractivity contribution in [2.24, 2.45) is 5.92 Å². The Kier molecular flexibility index (Phi) is 4.78. The summed E-state index contributed by atoms with van der Waals surface area (Å²) in [6.45, 7) is 1.89. The average Bonchev–Trinajstić information content (AvgIpc) is 3.60. The van der Waals surface area contributed by atoms with Crippen molar-refractivity contribution in [2.75, 3.05) is 13.2 Å². The molecule has 1 aromatic carbocycles. The number of nitrogens with one attached hydrogen (secondary N) is 2. The van der Waals surface area contributed by atoms with Crippen LogP contribution in [0.25, 0.3) is 0 Å². The van der Waals surface area contributed by atoms with Crippen LogP contribution in [0.3, 0.4) is 0 Å². The third kappa shape index (κ3) is 4.34. The van der Waals surface area contributed by atoms with E-state index in [1.54, 1.807) is 6.20 Å². The molecule has 1 aromatic heterocycles. The van der Waals surface area contributed by atoms with Gasteiger partial charge in [0.25, 0.3) is 0 Å². The molecule has 2 aliphatic carbocycles. The summed E-state index contributed by atoms with van der Waals surface area (Å²) in [7, 11) is 0. The Morgan fingerprint density at radius 3 is 2.58 bits per heavy atom. The summed E-state index contributed by atoms with van der Waals surface area (Å²) in [6, 6.07) is 14.1. The van der Waals surface area contributed by atoms with E-state index in [2.05, 4.69) is 39.9 Å². The molecule has 5 heteroatoms. The van der Waals surface area contributed by atoms with E-state index < -0.39 is 0 Å². The molecule has 0 radical (unpaired) electrons. The van der Waals surface area contributed by atoms with Crippen molar-refractivity contribution in [3.8, 4) is 5.88 Å². The number of hydrogen-bond acceptors (Lipinski definition) is 3. The second kappa shape index (κ2) is 7.36. The van der Waals surface area contributed by atoms with E-state index in [9.17, 15) is 4.79 Å². The summed E-state index contributed by atoms with van der Waals surface area (Å²) < 4.78 is 5.62. The van der Waals surface area contributed by atoms with Crippen LogP contribution >= 0.6 is 0 Å². The molecule has 0 saturated heterocycles. The molecule has 2 amide bonds. The molecule has 1 heterocycles. The standard InChI is InChI=1S/C21H25N3O2/c25-20(24-15-21(10-11-21)18-4-2-1-3-5-18)23-13-17-8-9-19(22-12-17)26-14-16-6-7-16/h1-5,8-9,12,16H,6-7,10-11,13-15H2,(H2,23,24,25). The topological polar surface area (TPSA) is 63.2 Å². The van der Waals surface area contributed by atoms with Gasteiger partial charge in [-0.05, 0) is 42.7 Å². The number of aromatic nitrogens is 1. The van der Waals surface area contributed by atoms with Gasteiger partial charge in [-0.1, -0.05) is 36.4 Å². The number of ether oxygens (including phenoxy) is 1. The fourth-order valence-corrected chi connectivity index (χ4v) is 3.09. The predicted octanol–water partition coefficient (Wildman–Crippen LogP) is 3.40. The molecule has 0 bridgehead atoms. The van der Waals surface area contributed by atoms with E-state index in [0.29, 0.717) is 24.9 Å². The van der Waals surface area contributed by atoms with Crippen molar-refractivity contribution in [3.05, 3.63) is 59.8 Å². The molecule has 136 valence electrons. The number of pyridine rings is 1. The van der Waals surface area contributed by atoms with Crippen LogP contribution in [-0.4, -0.2) is 24.2 Å². The highest BCUT2D eigenvalue weighted by Gasteiger charge is 2.44. The van der Waals surface area contributed by atoms with Gasteiger partial charge >= 0.3 is 6.03 Å². The summed E-state index contributed by atoms with van der Waals surface area (Å²) in [5.74, 6) is 1.37. The van der Waals surface area contributed by atoms with E-state index in [4.69, 9.17) is 4.74 Å². The summed E-state index contributed by atoms with van der Waals surface area (Å²) in [4.78, 5) is 16.4. The molecule has 0 atom stereocenters.